The van der Waals surface area contributed by atoms with E-state index in [0.717, 1.165) is 0 Å². The first-order valence-electron chi connectivity index (χ1n) is 3.48. The first kappa shape index (κ1) is 8.00. The fourth-order valence-electron chi connectivity index (χ4n) is 1.02. The van der Waals surface area contributed by atoms with Gasteiger partial charge in [-0.3, -0.25) is 0 Å². The lowest BCUT2D eigenvalue weighted by molar-refractivity contribution is 0.322. The molecule has 2 aromatic heterocycles. The lowest BCUT2D eigenvalue weighted by Crippen LogP contribution is -1.90. The summed E-state index contributed by atoms with van der Waals surface area (Å²) in [6.45, 7) is 0. The number of hydrogen-bond acceptors (Lipinski definition) is 4. The van der Waals surface area contributed by atoms with Crippen molar-refractivity contribution in [1.82, 2.24) is 14.6 Å². The van der Waals surface area contributed by atoms with Crippen molar-refractivity contribution < 1.29 is 5.21 Å². The normalized spacial score (nSPS) is 11.5. The van der Waals surface area contributed by atoms with Gasteiger partial charge in [0.05, 0.1) is 18.0 Å². The third-order valence-electron chi connectivity index (χ3n) is 1.56. The molecule has 0 spiro atoms. The second-order valence-corrected chi connectivity index (χ2v) is 2.75. The summed E-state index contributed by atoms with van der Waals surface area (Å²) in [5.74, 6) is 0. The van der Waals surface area contributed by atoms with E-state index in [-0.39, 0.29) is 0 Å². The predicted octanol–water partition coefficient (Wildman–Crippen LogP) is 1.19. The Kier molecular flexibility index (Phi) is 1.86. The molecular formula is C7H5ClN4O. The van der Waals surface area contributed by atoms with Gasteiger partial charge in [-0.05, 0) is 6.07 Å². The van der Waals surface area contributed by atoms with Gasteiger partial charge < -0.3 is 5.21 Å². The number of aromatic nitrogens is 3. The second kappa shape index (κ2) is 3.02. The minimum atomic E-state index is 0.376. The topological polar surface area (TPSA) is 62.8 Å². The number of nitrogens with zero attached hydrogens (tertiary/aromatic N) is 4. The molecule has 6 heteroatoms. The first-order chi connectivity index (χ1) is 6.31. The fourth-order valence-corrected chi connectivity index (χ4v) is 1.15. The van der Waals surface area contributed by atoms with E-state index in [0.29, 0.717) is 16.4 Å². The highest BCUT2D eigenvalue weighted by molar-refractivity contribution is 6.29. The molecule has 2 heterocycles. The van der Waals surface area contributed by atoms with Crippen molar-refractivity contribution in [2.75, 3.05) is 0 Å². The van der Waals surface area contributed by atoms with Gasteiger partial charge in [-0.2, -0.15) is 5.10 Å². The van der Waals surface area contributed by atoms with Crippen molar-refractivity contribution in [3.8, 4) is 0 Å². The van der Waals surface area contributed by atoms with Crippen LogP contribution in [0.1, 0.15) is 5.56 Å². The van der Waals surface area contributed by atoms with E-state index in [1.165, 1.54) is 6.21 Å². The molecule has 1 N–H and O–H groups in total. The zero-order valence-electron chi connectivity index (χ0n) is 6.42. The van der Waals surface area contributed by atoms with Crippen LogP contribution in [0, 0.1) is 0 Å². The zero-order valence-corrected chi connectivity index (χ0v) is 7.18. The van der Waals surface area contributed by atoms with Gasteiger partial charge in [-0.15, -0.1) is 0 Å². The molecule has 0 saturated carbocycles. The Morgan fingerprint density at radius 3 is 3.23 bits per heavy atom. The number of rotatable bonds is 1. The molecule has 0 amide bonds. The number of fused-ring (bicyclic) bond motifs is 1. The molecule has 66 valence electrons. The Morgan fingerprint density at radius 1 is 1.62 bits per heavy atom. The fraction of sp³-hybridized carbons (Fsp3) is 0. The molecule has 2 aromatic rings. The van der Waals surface area contributed by atoms with Crippen LogP contribution in [0.25, 0.3) is 5.65 Å². The Bertz CT molecular complexity index is 464. The minimum Gasteiger partial charge on any atom is -0.411 e. The highest BCUT2D eigenvalue weighted by Crippen LogP contribution is 2.09. The molecule has 0 bridgehead atoms. The van der Waals surface area contributed by atoms with E-state index in [9.17, 15) is 0 Å². The molecular weight excluding hydrogens is 192 g/mol. The molecule has 13 heavy (non-hydrogen) atoms. The molecule has 0 radical (unpaired) electrons. The number of halogens is 1. The molecule has 0 saturated heterocycles. The number of hydrogen-bond donors (Lipinski definition) is 1. The van der Waals surface area contributed by atoms with Crippen LogP contribution in [-0.2, 0) is 0 Å². The molecule has 0 aliphatic heterocycles. The summed E-state index contributed by atoms with van der Waals surface area (Å²) in [5, 5.41) is 15.6. The second-order valence-electron chi connectivity index (χ2n) is 2.36. The van der Waals surface area contributed by atoms with Crippen molar-refractivity contribution in [3.05, 3.63) is 29.2 Å². The summed E-state index contributed by atoms with van der Waals surface area (Å²) in [6.07, 6.45) is 4.48. The van der Waals surface area contributed by atoms with Crippen LogP contribution in [0.15, 0.2) is 23.6 Å². The molecule has 0 unspecified atom stereocenters. The quantitative estimate of drug-likeness (QED) is 0.323. The van der Waals surface area contributed by atoms with E-state index in [1.807, 2.05) is 0 Å². The van der Waals surface area contributed by atoms with Crippen molar-refractivity contribution >= 4 is 23.5 Å². The van der Waals surface area contributed by atoms with E-state index in [1.54, 1.807) is 23.0 Å². The predicted molar refractivity (Wildman–Crippen MR) is 47.4 cm³/mol. The largest absolute Gasteiger partial charge is 0.411 e. The van der Waals surface area contributed by atoms with Crippen LogP contribution >= 0.6 is 11.6 Å². The Morgan fingerprint density at radius 2 is 2.46 bits per heavy atom. The van der Waals surface area contributed by atoms with Crippen LogP contribution in [0.4, 0.5) is 0 Å². The van der Waals surface area contributed by atoms with Crippen LogP contribution < -0.4 is 0 Å². The van der Waals surface area contributed by atoms with Crippen molar-refractivity contribution in [1.29, 1.82) is 0 Å². The maximum atomic E-state index is 8.34. The molecule has 0 aliphatic carbocycles. The monoisotopic (exact) mass is 196 g/mol. The summed E-state index contributed by atoms with van der Waals surface area (Å²) in [4.78, 5) is 4.02. The molecule has 0 aromatic carbocycles. The summed E-state index contributed by atoms with van der Waals surface area (Å²) >= 11 is 5.69. The van der Waals surface area contributed by atoms with Gasteiger partial charge in [-0.1, -0.05) is 16.8 Å². The Hall–Kier alpha value is -1.62. The van der Waals surface area contributed by atoms with Crippen LogP contribution in [0.2, 0.25) is 5.15 Å². The Labute approximate surface area is 78.3 Å². The molecule has 0 fully saturated rings. The van der Waals surface area contributed by atoms with Gasteiger partial charge >= 0.3 is 0 Å². The van der Waals surface area contributed by atoms with Crippen LogP contribution in [0.3, 0.4) is 0 Å². The smallest absolute Gasteiger partial charge is 0.165 e. The van der Waals surface area contributed by atoms with Crippen LogP contribution in [-0.4, -0.2) is 26.0 Å². The van der Waals surface area contributed by atoms with E-state index < -0.39 is 0 Å². The van der Waals surface area contributed by atoms with Gasteiger partial charge in [0, 0.05) is 6.20 Å². The van der Waals surface area contributed by atoms with E-state index in [4.69, 9.17) is 16.8 Å². The Balaban J connectivity index is 2.71. The van der Waals surface area contributed by atoms with Crippen LogP contribution in [0.5, 0.6) is 0 Å². The standard InChI is InChI=1S/C7H5ClN4O/c8-6-1-2-12-7(11-6)5(3-9-12)4-10-13/h1-4,13H/b10-4+. The maximum absolute atomic E-state index is 8.34. The number of oxime groups is 1. The first-order valence-corrected chi connectivity index (χ1v) is 3.86. The lowest BCUT2D eigenvalue weighted by atomic mass is 10.4. The highest BCUT2D eigenvalue weighted by atomic mass is 35.5. The molecule has 0 aliphatic rings. The lowest BCUT2D eigenvalue weighted by Gasteiger charge is -1.92. The van der Waals surface area contributed by atoms with Gasteiger partial charge in [0.2, 0.25) is 0 Å². The summed E-state index contributed by atoms with van der Waals surface area (Å²) in [5.41, 5.74) is 1.18. The highest BCUT2D eigenvalue weighted by Gasteiger charge is 2.03. The van der Waals surface area contributed by atoms with Gasteiger partial charge in [-0.25, -0.2) is 9.50 Å². The summed E-state index contributed by atoms with van der Waals surface area (Å²) in [6, 6.07) is 1.63. The molecule has 5 nitrogen and oxygen atoms in total. The van der Waals surface area contributed by atoms with Crippen molar-refractivity contribution in [3.63, 3.8) is 0 Å². The minimum absolute atomic E-state index is 0.376. The SMILES string of the molecule is O/N=C/c1cnn2ccc(Cl)nc12. The summed E-state index contributed by atoms with van der Waals surface area (Å²) < 4.78 is 1.54. The average molecular weight is 197 g/mol. The van der Waals surface area contributed by atoms with E-state index >= 15 is 0 Å². The zero-order chi connectivity index (χ0) is 9.26. The third-order valence-corrected chi connectivity index (χ3v) is 1.77. The van der Waals surface area contributed by atoms with Gasteiger partial charge in [0.25, 0.3) is 0 Å². The van der Waals surface area contributed by atoms with Crippen molar-refractivity contribution in [2.45, 2.75) is 0 Å². The van der Waals surface area contributed by atoms with Gasteiger partial charge in [0.15, 0.2) is 5.65 Å². The summed E-state index contributed by atoms with van der Waals surface area (Å²) in [7, 11) is 0. The third kappa shape index (κ3) is 1.33. The van der Waals surface area contributed by atoms with E-state index in [2.05, 4.69) is 15.2 Å². The maximum Gasteiger partial charge on any atom is 0.165 e. The molecule has 2 rings (SSSR count). The van der Waals surface area contributed by atoms with Crippen molar-refractivity contribution in [2.24, 2.45) is 5.16 Å². The average Bonchev–Trinajstić information content (AvgIpc) is 2.49. The van der Waals surface area contributed by atoms with Gasteiger partial charge in [0.1, 0.15) is 5.15 Å². The molecule has 0 atom stereocenters.